The molecule has 0 atom stereocenters. The number of thioether (sulfide) groups is 1. The Morgan fingerprint density at radius 1 is 1.24 bits per heavy atom. The fourth-order valence-electron chi connectivity index (χ4n) is 4.80. The lowest BCUT2D eigenvalue weighted by atomic mass is 9.83. The van der Waals surface area contributed by atoms with Crippen molar-refractivity contribution < 1.29 is 13.2 Å². The van der Waals surface area contributed by atoms with Crippen molar-refractivity contribution in [2.24, 2.45) is 5.41 Å². The van der Waals surface area contributed by atoms with E-state index in [4.69, 9.17) is 0 Å². The predicted octanol–water partition coefficient (Wildman–Crippen LogP) is 4.39. The standard InChI is InChI=1S/C18H26F3N3S/c1-2-24-15(9-16(22-24)18(19,20)21)13-3-5-14(6-4-13)23-8-7-17(10-23)11-25-12-17/h9,13-14H,2-8,10-12H2,1H3. The summed E-state index contributed by atoms with van der Waals surface area (Å²) in [5, 5.41) is 3.79. The number of halogens is 3. The monoisotopic (exact) mass is 373 g/mol. The van der Waals surface area contributed by atoms with Gasteiger partial charge in [-0.3, -0.25) is 9.58 Å². The van der Waals surface area contributed by atoms with E-state index in [0.717, 1.165) is 31.4 Å². The zero-order valence-electron chi connectivity index (χ0n) is 14.7. The fourth-order valence-corrected chi connectivity index (χ4v) is 6.05. The molecular formula is C18H26F3N3S. The van der Waals surface area contributed by atoms with Crippen molar-refractivity contribution in [1.29, 1.82) is 0 Å². The summed E-state index contributed by atoms with van der Waals surface area (Å²) in [4.78, 5) is 2.66. The van der Waals surface area contributed by atoms with Gasteiger partial charge >= 0.3 is 6.18 Å². The van der Waals surface area contributed by atoms with E-state index in [1.54, 1.807) is 4.68 Å². The Bertz CT molecular complexity index is 616. The van der Waals surface area contributed by atoms with Crippen LogP contribution < -0.4 is 0 Å². The molecule has 4 rings (SSSR count). The van der Waals surface area contributed by atoms with Crippen LogP contribution in [-0.4, -0.2) is 45.3 Å². The smallest absolute Gasteiger partial charge is 0.300 e. The average Bonchev–Trinajstić information content (AvgIpc) is 3.19. The van der Waals surface area contributed by atoms with Crippen LogP contribution in [0.25, 0.3) is 0 Å². The molecule has 3 fully saturated rings. The second-order valence-electron chi connectivity index (χ2n) is 7.99. The molecule has 25 heavy (non-hydrogen) atoms. The highest BCUT2D eigenvalue weighted by Gasteiger charge is 2.45. The van der Waals surface area contributed by atoms with Gasteiger partial charge in [0, 0.05) is 47.7 Å². The molecule has 1 aromatic heterocycles. The van der Waals surface area contributed by atoms with Gasteiger partial charge in [0.1, 0.15) is 0 Å². The number of rotatable bonds is 3. The summed E-state index contributed by atoms with van der Waals surface area (Å²) in [6.45, 7) is 4.81. The largest absolute Gasteiger partial charge is 0.435 e. The first-order chi connectivity index (χ1) is 11.9. The van der Waals surface area contributed by atoms with Crippen molar-refractivity contribution in [2.45, 2.75) is 63.7 Å². The molecule has 1 aliphatic carbocycles. The number of aryl methyl sites for hydroxylation is 1. The second kappa shape index (κ2) is 6.48. The van der Waals surface area contributed by atoms with Gasteiger partial charge in [-0.05, 0) is 51.6 Å². The van der Waals surface area contributed by atoms with Crippen LogP contribution in [0.2, 0.25) is 0 Å². The van der Waals surface area contributed by atoms with Crippen LogP contribution in [0.3, 0.4) is 0 Å². The first-order valence-electron chi connectivity index (χ1n) is 9.37. The number of aromatic nitrogens is 2. The van der Waals surface area contributed by atoms with Crippen molar-refractivity contribution in [3.05, 3.63) is 17.5 Å². The summed E-state index contributed by atoms with van der Waals surface area (Å²) in [5.41, 5.74) is 0.626. The summed E-state index contributed by atoms with van der Waals surface area (Å²) < 4.78 is 40.5. The SMILES string of the molecule is CCn1nc(C(F)(F)F)cc1C1CCC(N2CCC3(CSC3)C2)CC1. The Balaban J connectivity index is 1.39. The van der Waals surface area contributed by atoms with Gasteiger partial charge in [-0.1, -0.05) is 0 Å². The van der Waals surface area contributed by atoms with Gasteiger partial charge in [-0.25, -0.2) is 0 Å². The molecule has 3 heterocycles. The van der Waals surface area contributed by atoms with Gasteiger partial charge in [0.2, 0.25) is 0 Å². The van der Waals surface area contributed by atoms with E-state index in [9.17, 15) is 13.2 Å². The number of likely N-dealkylation sites (tertiary alicyclic amines) is 1. The first-order valence-corrected chi connectivity index (χ1v) is 10.5. The van der Waals surface area contributed by atoms with Gasteiger partial charge in [-0.15, -0.1) is 0 Å². The maximum Gasteiger partial charge on any atom is 0.435 e. The van der Waals surface area contributed by atoms with Gasteiger partial charge in [0.15, 0.2) is 5.69 Å². The van der Waals surface area contributed by atoms with E-state index in [1.165, 1.54) is 37.1 Å². The van der Waals surface area contributed by atoms with Crippen LogP contribution >= 0.6 is 11.8 Å². The molecule has 7 heteroatoms. The summed E-state index contributed by atoms with van der Waals surface area (Å²) in [6, 6.07) is 1.91. The highest BCUT2D eigenvalue weighted by Crippen LogP contribution is 2.47. The van der Waals surface area contributed by atoms with Gasteiger partial charge in [0.25, 0.3) is 0 Å². The summed E-state index contributed by atoms with van der Waals surface area (Å²) in [6.07, 6.45) is 1.14. The summed E-state index contributed by atoms with van der Waals surface area (Å²) >= 11 is 2.06. The van der Waals surface area contributed by atoms with Crippen LogP contribution in [0.4, 0.5) is 13.2 Å². The molecule has 1 saturated carbocycles. The molecule has 0 N–H and O–H groups in total. The maximum absolute atomic E-state index is 13.0. The number of nitrogens with zero attached hydrogens (tertiary/aromatic N) is 3. The van der Waals surface area contributed by atoms with E-state index in [2.05, 4.69) is 21.8 Å². The molecular weight excluding hydrogens is 347 g/mol. The molecule has 1 spiro atoms. The van der Waals surface area contributed by atoms with Crippen LogP contribution in [0.1, 0.15) is 56.3 Å². The molecule has 3 nitrogen and oxygen atoms in total. The lowest BCUT2D eigenvalue weighted by Crippen LogP contribution is -2.42. The van der Waals surface area contributed by atoms with Crippen LogP contribution in [0.5, 0.6) is 0 Å². The molecule has 3 aliphatic rings. The van der Waals surface area contributed by atoms with Crippen molar-refractivity contribution >= 4 is 11.8 Å². The van der Waals surface area contributed by atoms with Crippen LogP contribution in [-0.2, 0) is 12.7 Å². The van der Waals surface area contributed by atoms with Crippen molar-refractivity contribution in [3.63, 3.8) is 0 Å². The topological polar surface area (TPSA) is 21.1 Å². The molecule has 0 amide bonds. The number of hydrogen-bond donors (Lipinski definition) is 0. The fraction of sp³-hybridized carbons (Fsp3) is 0.833. The molecule has 0 radical (unpaired) electrons. The van der Waals surface area contributed by atoms with Gasteiger partial charge in [0.05, 0.1) is 0 Å². The van der Waals surface area contributed by atoms with Crippen molar-refractivity contribution in [3.8, 4) is 0 Å². The minimum absolute atomic E-state index is 0.218. The van der Waals surface area contributed by atoms with E-state index in [1.807, 2.05) is 6.92 Å². The van der Waals surface area contributed by atoms with E-state index in [0.29, 0.717) is 18.0 Å². The molecule has 2 aliphatic heterocycles. The third kappa shape index (κ3) is 3.34. The highest BCUT2D eigenvalue weighted by atomic mass is 32.2. The molecule has 0 bridgehead atoms. The first kappa shape index (κ1) is 17.7. The zero-order chi connectivity index (χ0) is 17.7. The Kier molecular flexibility index (Phi) is 4.59. The Labute approximate surface area is 151 Å². The Hall–Kier alpha value is -0.690. The Morgan fingerprint density at radius 3 is 2.48 bits per heavy atom. The van der Waals surface area contributed by atoms with Crippen LogP contribution in [0, 0.1) is 5.41 Å². The van der Waals surface area contributed by atoms with Gasteiger partial charge < -0.3 is 0 Å². The number of hydrogen-bond acceptors (Lipinski definition) is 3. The van der Waals surface area contributed by atoms with E-state index >= 15 is 0 Å². The van der Waals surface area contributed by atoms with Crippen molar-refractivity contribution in [2.75, 3.05) is 24.6 Å². The third-order valence-electron chi connectivity index (χ3n) is 6.32. The highest BCUT2D eigenvalue weighted by molar-refractivity contribution is 8.00. The molecule has 140 valence electrons. The van der Waals surface area contributed by atoms with Crippen LogP contribution in [0.15, 0.2) is 6.07 Å². The lowest BCUT2D eigenvalue weighted by Gasteiger charge is -2.40. The predicted molar refractivity (Wildman–Crippen MR) is 93.8 cm³/mol. The number of alkyl halides is 3. The minimum Gasteiger partial charge on any atom is -0.300 e. The normalized spacial score (nSPS) is 29.9. The minimum atomic E-state index is -4.35. The lowest BCUT2D eigenvalue weighted by molar-refractivity contribution is -0.141. The third-order valence-corrected chi connectivity index (χ3v) is 7.95. The maximum atomic E-state index is 13.0. The summed E-state index contributed by atoms with van der Waals surface area (Å²) in [5.74, 6) is 2.85. The quantitative estimate of drug-likeness (QED) is 0.784. The molecule has 2 saturated heterocycles. The molecule has 1 aromatic rings. The average molecular weight is 373 g/mol. The second-order valence-corrected chi connectivity index (χ2v) is 8.97. The summed E-state index contributed by atoms with van der Waals surface area (Å²) in [7, 11) is 0. The van der Waals surface area contributed by atoms with Gasteiger partial charge in [-0.2, -0.15) is 30.0 Å². The zero-order valence-corrected chi connectivity index (χ0v) is 15.5. The van der Waals surface area contributed by atoms with Crippen molar-refractivity contribution in [1.82, 2.24) is 14.7 Å². The van der Waals surface area contributed by atoms with E-state index < -0.39 is 11.9 Å². The molecule has 0 unspecified atom stereocenters. The Morgan fingerprint density at radius 2 is 1.96 bits per heavy atom. The molecule has 0 aromatic carbocycles. The van der Waals surface area contributed by atoms with E-state index in [-0.39, 0.29) is 5.92 Å².